The Morgan fingerprint density at radius 2 is 1.57 bits per heavy atom. The minimum atomic E-state index is -3.59. The molecule has 5 aliphatic rings. The average Bonchev–Trinajstić information content (AvgIpc) is 3.55. The molecule has 5 amide bonds. The van der Waals surface area contributed by atoms with E-state index in [4.69, 9.17) is 16.3 Å². The van der Waals surface area contributed by atoms with Crippen LogP contribution in [0.25, 0.3) is 0 Å². The number of ether oxygens (including phenoxy) is 1. The van der Waals surface area contributed by atoms with Crippen LogP contribution in [0.5, 0.6) is 5.75 Å². The van der Waals surface area contributed by atoms with Gasteiger partial charge in [-0.3, -0.25) is 34.2 Å². The molecule has 1 aromatic heterocycles. The number of hydrogen-bond acceptors (Lipinski definition) is 14. The Morgan fingerprint density at radius 1 is 0.855 bits per heavy atom. The Hall–Kier alpha value is -6.11. The van der Waals surface area contributed by atoms with Crippen LogP contribution in [0.4, 0.5) is 28.8 Å². The molecule has 4 fully saturated rings. The topological polar surface area (TPSA) is 204 Å². The summed E-state index contributed by atoms with van der Waals surface area (Å²) in [7, 11) is -3.59. The van der Waals surface area contributed by atoms with Gasteiger partial charge in [-0.2, -0.15) is 4.98 Å². The summed E-state index contributed by atoms with van der Waals surface area (Å²) in [6.07, 6.45) is 5.34. The molecule has 364 valence electrons. The molecule has 3 N–H and O–H groups in total. The number of hydrogen-bond donors (Lipinski definition) is 3. The Bertz CT molecular complexity index is 2820. The lowest BCUT2D eigenvalue weighted by atomic mass is 9.85. The van der Waals surface area contributed by atoms with Gasteiger partial charge in [0.05, 0.1) is 50.9 Å². The van der Waals surface area contributed by atoms with Crippen LogP contribution in [-0.2, 0) is 24.2 Å². The fourth-order valence-electron chi connectivity index (χ4n) is 10.2. The first-order chi connectivity index (χ1) is 33.0. The molecular formula is C50H58ClN9O8S. The van der Waals surface area contributed by atoms with Crippen LogP contribution >= 0.6 is 11.6 Å². The Morgan fingerprint density at radius 3 is 2.26 bits per heavy atom. The molecule has 1 unspecified atom stereocenters. The molecule has 3 aromatic carbocycles. The highest BCUT2D eigenvalue weighted by molar-refractivity contribution is 7.92. The molecule has 0 bridgehead atoms. The lowest BCUT2D eigenvalue weighted by Crippen LogP contribution is -2.57. The molecule has 0 aliphatic carbocycles. The maximum atomic E-state index is 13.7. The third-order valence-electron chi connectivity index (χ3n) is 14.1. The third kappa shape index (κ3) is 9.62. The zero-order valence-corrected chi connectivity index (χ0v) is 41.0. The molecule has 19 heteroatoms. The Kier molecular flexibility index (Phi) is 13.4. The van der Waals surface area contributed by atoms with Crippen LogP contribution in [0.15, 0.2) is 65.7 Å². The molecule has 0 radical (unpaired) electrons. The predicted octanol–water partition coefficient (Wildman–Crippen LogP) is 6.60. The minimum Gasteiger partial charge on any atom is -0.489 e. The van der Waals surface area contributed by atoms with E-state index >= 15 is 0 Å². The number of benzene rings is 3. The fraction of sp³-hybridized carbons (Fsp3) is 0.460. The lowest BCUT2D eigenvalue weighted by Gasteiger charge is -2.45. The molecule has 9 rings (SSSR count). The zero-order valence-electron chi connectivity index (χ0n) is 39.5. The highest BCUT2D eigenvalue weighted by Gasteiger charge is 2.46. The molecule has 4 saturated heterocycles. The number of imide groups is 2. The first kappa shape index (κ1) is 47.9. The standard InChI is InChI=1S/C50H58ClN9O8S/c1-28(2)68-42-24-36(30(5)22-40(42)54-50-52-25-38(51)45(56-50)53-39-8-6-7-9-43(39)69(66,67)29(3)4)31-14-18-57(19-15-31)33-16-20-58(21-17-33)47(63)32-26-59(27-32)34-10-11-35-37(23-34)49(65)60(48(35)64)41-12-13-44(61)55-46(41)62/h6-11,22-25,28-29,31-33,41H,12-21,26-27H2,1-5H3,(H,55,61,62)(H2,52,53,54,56). The van der Waals surface area contributed by atoms with Gasteiger partial charge in [0.1, 0.15) is 16.8 Å². The lowest BCUT2D eigenvalue weighted by molar-refractivity contribution is -0.138. The second kappa shape index (κ2) is 19.4. The van der Waals surface area contributed by atoms with Gasteiger partial charge in [0, 0.05) is 44.3 Å². The van der Waals surface area contributed by atoms with E-state index in [-0.39, 0.29) is 63.6 Å². The Labute approximate surface area is 407 Å². The molecule has 0 saturated carbocycles. The molecule has 1 atom stereocenters. The van der Waals surface area contributed by atoms with Crippen LogP contribution < -0.4 is 25.6 Å². The van der Waals surface area contributed by atoms with E-state index < -0.39 is 44.8 Å². The number of nitrogens with one attached hydrogen (secondary N) is 3. The number of nitrogens with zero attached hydrogens (tertiary/aromatic N) is 6. The van der Waals surface area contributed by atoms with Crippen molar-refractivity contribution < 1.29 is 37.1 Å². The van der Waals surface area contributed by atoms with Gasteiger partial charge in [0.2, 0.25) is 23.7 Å². The van der Waals surface area contributed by atoms with E-state index in [0.29, 0.717) is 55.3 Å². The van der Waals surface area contributed by atoms with Crippen molar-refractivity contribution in [3.8, 4) is 5.75 Å². The van der Waals surface area contributed by atoms with Crippen molar-refractivity contribution in [2.45, 2.75) is 107 Å². The quantitative estimate of drug-likeness (QED) is 0.121. The normalized spacial score (nSPS) is 19.8. The number of rotatable bonds is 13. The van der Waals surface area contributed by atoms with E-state index in [2.05, 4.69) is 49.9 Å². The van der Waals surface area contributed by atoms with E-state index in [1.807, 2.05) is 23.6 Å². The Balaban J connectivity index is 0.776. The number of fused-ring (bicyclic) bond motifs is 1. The fourth-order valence-corrected chi connectivity index (χ4v) is 11.6. The van der Waals surface area contributed by atoms with Gasteiger partial charge < -0.3 is 30.1 Å². The highest BCUT2D eigenvalue weighted by atomic mass is 35.5. The SMILES string of the molecule is Cc1cc(Nc2ncc(Cl)c(Nc3ccccc3S(=O)(=O)C(C)C)n2)c(OC(C)C)cc1C1CCN(C2CCN(C(=O)C3CN(c4ccc5c(c4)C(=O)N(C4CCC(=O)NC4=O)C5=O)C3)CC2)CC1. The number of halogens is 1. The van der Waals surface area contributed by atoms with Crippen LogP contribution in [0.1, 0.15) is 104 Å². The maximum absolute atomic E-state index is 13.7. The summed E-state index contributed by atoms with van der Waals surface area (Å²) in [5.74, 6) is -0.620. The maximum Gasteiger partial charge on any atom is 0.262 e. The molecule has 17 nitrogen and oxygen atoms in total. The number of piperidine rings is 3. The van der Waals surface area contributed by atoms with Gasteiger partial charge in [-0.25, -0.2) is 13.4 Å². The molecule has 69 heavy (non-hydrogen) atoms. The average molecular weight is 981 g/mol. The molecular weight excluding hydrogens is 922 g/mol. The van der Waals surface area contributed by atoms with Crippen molar-refractivity contribution in [3.63, 3.8) is 0 Å². The number of amides is 5. The highest BCUT2D eigenvalue weighted by Crippen LogP contribution is 2.40. The van der Waals surface area contributed by atoms with Gasteiger partial charge in [-0.05, 0) is 139 Å². The summed E-state index contributed by atoms with van der Waals surface area (Å²) in [6.45, 7) is 13.7. The number of sulfone groups is 1. The van der Waals surface area contributed by atoms with Crippen LogP contribution in [0, 0.1) is 12.8 Å². The summed E-state index contributed by atoms with van der Waals surface area (Å²) < 4.78 is 32.6. The second-order valence-electron chi connectivity index (χ2n) is 19.2. The van der Waals surface area contributed by atoms with Crippen LogP contribution in [0.3, 0.4) is 0 Å². The van der Waals surface area contributed by atoms with E-state index in [9.17, 15) is 32.4 Å². The van der Waals surface area contributed by atoms with Gasteiger partial charge >= 0.3 is 0 Å². The summed E-state index contributed by atoms with van der Waals surface area (Å²) in [6, 6.07) is 15.3. The van der Waals surface area contributed by atoms with Gasteiger partial charge in [-0.1, -0.05) is 23.7 Å². The largest absolute Gasteiger partial charge is 0.489 e. The number of carbonyl (C=O) groups excluding carboxylic acids is 5. The summed E-state index contributed by atoms with van der Waals surface area (Å²) >= 11 is 6.53. The molecule has 6 heterocycles. The predicted molar refractivity (Wildman–Crippen MR) is 261 cm³/mol. The number of carbonyl (C=O) groups is 5. The zero-order chi connectivity index (χ0) is 48.9. The first-order valence-electron chi connectivity index (χ1n) is 23.8. The summed E-state index contributed by atoms with van der Waals surface area (Å²) in [5.41, 5.74) is 4.63. The number of anilines is 5. The van der Waals surface area contributed by atoms with Gasteiger partial charge in [0.15, 0.2) is 15.7 Å². The number of para-hydroxylation sites is 1. The minimum absolute atomic E-state index is 0.0593. The van der Waals surface area contributed by atoms with E-state index in [0.717, 1.165) is 54.9 Å². The van der Waals surface area contributed by atoms with Gasteiger partial charge in [0.25, 0.3) is 11.8 Å². The molecule has 4 aromatic rings. The van der Waals surface area contributed by atoms with E-state index in [1.54, 1.807) is 56.3 Å². The number of aryl methyl sites for hydroxylation is 1. The second-order valence-corrected chi connectivity index (χ2v) is 22.1. The van der Waals surface area contributed by atoms with Crippen molar-refractivity contribution >= 4 is 79.8 Å². The van der Waals surface area contributed by atoms with Crippen molar-refractivity contribution in [2.24, 2.45) is 5.92 Å². The smallest absolute Gasteiger partial charge is 0.262 e. The van der Waals surface area contributed by atoms with Crippen molar-refractivity contribution in [1.29, 1.82) is 0 Å². The molecule has 5 aliphatic heterocycles. The number of aromatic nitrogens is 2. The first-order valence-corrected chi connectivity index (χ1v) is 25.7. The molecule has 0 spiro atoms. The van der Waals surface area contributed by atoms with Crippen molar-refractivity contribution in [2.75, 3.05) is 54.8 Å². The van der Waals surface area contributed by atoms with Crippen molar-refractivity contribution in [3.05, 3.63) is 88.1 Å². The van der Waals surface area contributed by atoms with Crippen LogP contribution in [-0.4, -0.2) is 125 Å². The summed E-state index contributed by atoms with van der Waals surface area (Å²) in [4.78, 5) is 81.1. The van der Waals surface area contributed by atoms with E-state index in [1.165, 1.54) is 11.8 Å². The van der Waals surface area contributed by atoms with Crippen molar-refractivity contribution in [1.82, 2.24) is 30.0 Å². The van der Waals surface area contributed by atoms with Gasteiger partial charge in [-0.15, -0.1) is 0 Å². The summed E-state index contributed by atoms with van der Waals surface area (Å²) in [5, 5.41) is 8.29. The van der Waals surface area contributed by atoms with Crippen LogP contribution in [0.2, 0.25) is 5.02 Å². The third-order valence-corrected chi connectivity index (χ3v) is 16.6. The number of likely N-dealkylation sites (tertiary alicyclic amines) is 2. The monoisotopic (exact) mass is 979 g/mol.